The first-order chi connectivity index (χ1) is 14.3. The van der Waals surface area contributed by atoms with Crippen LogP contribution in [-0.4, -0.2) is 71.9 Å². The fourth-order valence-electron chi connectivity index (χ4n) is 3.32. The summed E-state index contributed by atoms with van der Waals surface area (Å²) in [5.74, 6) is -1.38. The van der Waals surface area contributed by atoms with Crippen LogP contribution in [0, 0.1) is 0 Å². The van der Waals surface area contributed by atoms with Gasteiger partial charge in [-0.3, -0.25) is 24.5 Å². The predicted molar refractivity (Wildman–Crippen MR) is 109 cm³/mol. The Balaban J connectivity index is 1.80. The van der Waals surface area contributed by atoms with E-state index in [1.165, 1.54) is 4.90 Å². The van der Waals surface area contributed by atoms with Crippen molar-refractivity contribution in [3.63, 3.8) is 0 Å². The first kappa shape index (κ1) is 23.1. The summed E-state index contributed by atoms with van der Waals surface area (Å²) in [6, 6.07) is 5.40. The van der Waals surface area contributed by atoms with E-state index in [0.717, 1.165) is 5.56 Å². The quantitative estimate of drug-likeness (QED) is 0.315. The second-order valence-electron chi connectivity index (χ2n) is 7.26. The Morgan fingerprint density at radius 3 is 2.57 bits per heavy atom. The lowest BCUT2D eigenvalue weighted by molar-refractivity contribution is -0.140. The Morgan fingerprint density at radius 1 is 1.20 bits per heavy atom. The Morgan fingerprint density at radius 2 is 1.90 bits per heavy atom. The van der Waals surface area contributed by atoms with Crippen molar-refractivity contribution < 1.29 is 24.3 Å². The Labute approximate surface area is 175 Å². The lowest BCUT2D eigenvalue weighted by atomic mass is 10.1. The molecule has 6 N–H and O–H groups in total. The summed E-state index contributed by atoms with van der Waals surface area (Å²) in [5, 5.41) is 17.3. The van der Waals surface area contributed by atoms with Gasteiger partial charge in [-0.05, 0) is 43.9 Å². The van der Waals surface area contributed by atoms with Crippen molar-refractivity contribution in [1.82, 2.24) is 20.9 Å². The van der Waals surface area contributed by atoms with Crippen molar-refractivity contribution in [1.29, 1.82) is 0 Å². The number of hydrogen-bond donors (Lipinski definition) is 5. The molecule has 1 fully saturated rings. The second-order valence-corrected chi connectivity index (χ2v) is 7.26. The minimum absolute atomic E-state index is 0.131. The van der Waals surface area contributed by atoms with Crippen LogP contribution in [0.2, 0.25) is 0 Å². The SMILES string of the molecule is C[C@H](NC(=O)CNCC(N)=O)C(=O)N1CCC[C@H]1C(=O)NCCc1ccc(O)cc1. The fraction of sp³-hybridized carbons (Fsp3) is 0.500. The van der Waals surface area contributed by atoms with E-state index in [4.69, 9.17) is 5.73 Å². The van der Waals surface area contributed by atoms with E-state index in [-0.39, 0.29) is 30.7 Å². The zero-order valence-electron chi connectivity index (χ0n) is 17.0. The summed E-state index contributed by atoms with van der Waals surface area (Å²) < 4.78 is 0. The highest BCUT2D eigenvalue weighted by atomic mass is 16.3. The molecule has 0 aliphatic carbocycles. The number of hydrogen-bond acceptors (Lipinski definition) is 6. The van der Waals surface area contributed by atoms with Gasteiger partial charge in [0.15, 0.2) is 0 Å². The fourth-order valence-corrected chi connectivity index (χ4v) is 3.32. The molecule has 2 rings (SSSR count). The van der Waals surface area contributed by atoms with Gasteiger partial charge in [0.05, 0.1) is 13.1 Å². The molecule has 0 radical (unpaired) electrons. The van der Waals surface area contributed by atoms with Gasteiger partial charge in [-0.25, -0.2) is 0 Å². The first-order valence-electron chi connectivity index (χ1n) is 9.92. The van der Waals surface area contributed by atoms with Gasteiger partial charge in [0.2, 0.25) is 23.6 Å². The zero-order chi connectivity index (χ0) is 22.1. The second kappa shape index (κ2) is 11.1. The summed E-state index contributed by atoms with van der Waals surface area (Å²) in [6.45, 7) is 2.16. The summed E-state index contributed by atoms with van der Waals surface area (Å²) >= 11 is 0. The molecular weight excluding hydrogens is 390 g/mol. The van der Waals surface area contributed by atoms with Crippen molar-refractivity contribution in [2.24, 2.45) is 5.73 Å². The van der Waals surface area contributed by atoms with E-state index in [2.05, 4.69) is 16.0 Å². The maximum absolute atomic E-state index is 12.7. The van der Waals surface area contributed by atoms with E-state index in [1.807, 2.05) is 0 Å². The van der Waals surface area contributed by atoms with Crippen LogP contribution < -0.4 is 21.7 Å². The van der Waals surface area contributed by atoms with Gasteiger partial charge in [-0.2, -0.15) is 0 Å². The summed E-state index contributed by atoms with van der Waals surface area (Å²) in [7, 11) is 0. The molecule has 0 unspecified atom stereocenters. The van der Waals surface area contributed by atoms with Crippen LogP contribution in [0.5, 0.6) is 5.75 Å². The number of phenols is 1. The highest BCUT2D eigenvalue weighted by molar-refractivity contribution is 5.92. The largest absolute Gasteiger partial charge is 0.508 e. The number of aromatic hydroxyl groups is 1. The molecule has 1 heterocycles. The molecule has 10 heteroatoms. The molecule has 2 atom stereocenters. The summed E-state index contributed by atoms with van der Waals surface area (Å²) in [5.41, 5.74) is 5.97. The third-order valence-corrected chi connectivity index (χ3v) is 4.82. The van der Waals surface area contributed by atoms with Crippen LogP contribution in [0.1, 0.15) is 25.3 Å². The molecule has 30 heavy (non-hydrogen) atoms. The van der Waals surface area contributed by atoms with E-state index < -0.39 is 23.9 Å². The highest BCUT2D eigenvalue weighted by Gasteiger charge is 2.36. The third kappa shape index (κ3) is 7.03. The molecule has 1 aromatic carbocycles. The van der Waals surface area contributed by atoms with E-state index in [9.17, 15) is 24.3 Å². The Kier molecular flexibility index (Phi) is 8.60. The molecule has 0 bridgehead atoms. The number of benzene rings is 1. The van der Waals surface area contributed by atoms with Crippen molar-refractivity contribution >= 4 is 23.6 Å². The van der Waals surface area contributed by atoms with Crippen molar-refractivity contribution in [3.05, 3.63) is 29.8 Å². The Bertz CT molecular complexity index is 767. The number of rotatable bonds is 10. The molecule has 10 nitrogen and oxygen atoms in total. The van der Waals surface area contributed by atoms with Gasteiger partial charge < -0.3 is 26.4 Å². The first-order valence-corrected chi connectivity index (χ1v) is 9.92. The maximum Gasteiger partial charge on any atom is 0.245 e. The van der Waals surface area contributed by atoms with Crippen LogP contribution in [0.4, 0.5) is 0 Å². The molecular formula is C20H29N5O5. The molecule has 0 spiro atoms. The van der Waals surface area contributed by atoms with Crippen molar-refractivity contribution in [2.75, 3.05) is 26.2 Å². The monoisotopic (exact) mass is 419 g/mol. The lowest BCUT2D eigenvalue weighted by Gasteiger charge is -2.27. The van der Waals surface area contributed by atoms with Gasteiger partial charge in [0.25, 0.3) is 0 Å². The van der Waals surface area contributed by atoms with Crippen LogP contribution in [0.25, 0.3) is 0 Å². The number of nitrogens with two attached hydrogens (primary N) is 1. The van der Waals surface area contributed by atoms with Gasteiger partial charge in [0, 0.05) is 13.1 Å². The number of amides is 4. The molecule has 1 aliphatic rings. The molecule has 1 saturated heterocycles. The number of nitrogens with zero attached hydrogens (tertiary/aromatic N) is 1. The molecule has 0 aromatic heterocycles. The number of likely N-dealkylation sites (tertiary alicyclic amines) is 1. The van der Waals surface area contributed by atoms with Gasteiger partial charge >= 0.3 is 0 Å². The van der Waals surface area contributed by atoms with Crippen LogP contribution in [-0.2, 0) is 25.6 Å². The number of carbonyl (C=O) groups excluding carboxylic acids is 4. The average molecular weight is 419 g/mol. The van der Waals surface area contributed by atoms with Crippen LogP contribution in [0.15, 0.2) is 24.3 Å². The number of carbonyl (C=O) groups is 4. The molecule has 4 amide bonds. The summed E-state index contributed by atoms with van der Waals surface area (Å²) in [6.07, 6.45) is 1.89. The Hall–Kier alpha value is -3.14. The van der Waals surface area contributed by atoms with E-state index in [1.54, 1.807) is 31.2 Å². The van der Waals surface area contributed by atoms with Gasteiger partial charge in [-0.15, -0.1) is 0 Å². The van der Waals surface area contributed by atoms with Crippen LogP contribution >= 0.6 is 0 Å². The molecule has 164 valence electrons. The number of primary amides is 1. The van der Waals surface area contributed by atoms with Gasteiger partial charge in [0.1, 0.15) is 17.8 Å². The lowest BCUT2D eigenvalue weighted by Crippen LogP contribution is -2.53. The third-order valence-electron chi connectivity index (χ3n) is 4.82. The highest BCUT2D eigenvalue weighted by Crippen LogP contribution is 2.18. The zero-order valence-corrected chi connectivity index (χ0v) is 17.0. The van der Waals surface area contributed by atoms with E-state index >= 15 is 0 Å². The molecule has 1 aliphatic heterocycles. The normalized spacial score (nSPS) is 16.7. The van der Waals surface area contributed by atoms with Crippen molar-refractivity contribution in [2.45, 2.75) is 38.3 Å². The topological polar surface area (TPSA) is 154 Å². The number of nitrogens with one attached hydrogen (secondary N) is 3. The predicted octanol–water partition coefficient (Wildman–Crippen LogP) is -1.38. The average Bonchev–Trinajstić information content (AvgIpc) is 3.18. The smallest absolute Gasteiger partial charge is 0.245 e. The standard InChI is InChI=1S/C20H29N5O5/c1-13(24-18(28)12-22-11-17(21)27)20(30)25-10-2-3-16(25)19(29)23-9-8-14-4-6-15(26)7-5-14/h4-7,13,16,22,26H,2-3,8-12H2,1H3,(H2,21,27)(H,23,29)(H,24,28)/t13-,16-/m0/s1. The minimum Gasteiger partial charge on any atom is -0.508 e. The minimum atomic E-state index is -0.793. The summed E-state index contributed by atoms with van der Waals surface area (Å²) in [4.78, 5) is 49.3. The van der Waals surface area contributed by atoms with Gasteiger partial charge in [-0.1, -0.05) is 12.1 Å². The van der Waals surface area contributed by atoms with E-state index in [0.29, 0.717) is 32.4 Å². The molecule has 1 aromatic rings. The van der Waals surface area contributed by atoms with Crippen LogP contribution in [0.3, 0.4) is 0 Å². The number of phenolic OH excluding ortho intramolecular Hbond substituents is 1. The maximum atomic E-state index is 12.7. The molecule has 0 saturated carbocycles. The van der Waals surface area contributed by atoms with Crippen molar-refractivity contribution in [3.8, 4) is 5.75 Å².